The summed E-state index contributed by atoms with van der Waals surface area (Å²) in [5.74, 6) is -0.968. The molecule has 0 aromatic heterocycles. The molecule has 242 valence electrons. The number of rotatable bonds is 31. The predicted molar refractivity (Wildman–Crippen MR) is 173 cm³/mol. The van der Waals surface area contributed by atoms with E-state index in [0.717, 1.165) is 25.7 Å². The van der Waals surface area contributed by atoms with Crippen molar-refractivity contribution in [2.75, 3.05) is 19.6 Å². The van der Waals surface area contributed by atoms with Gasteiger partial charge in [-0.3, -0.25) is 4.79 Å². The van der Waals surface area contributed by atoms with Gasteiger partial charge in [-0.15, -0.1) is 0 Å². The summed E-state index contributed by atoms with van der Waals surface area (Å²) in [5.41, 5.74) is 4.57. The summed E-state index contributed by atoms with van der Waals surface area (Å²) >= 11 is 0. The van der Waals surface area contributed by atoms with Gasteiger partial charge < -0.3 is 26.4 Å². The number of carbonyl (C=O) groups is 1. The molecule has 0 aliphatic rings. The van der Waals surface area contributed by atoms with E-state index in [4.69, 9.17) is 5.11 Å². The molecule has 6 nitrogen and oxygen atoms in total. The van der Waals surface area contributed by atoms with Crippen molar-refractivity contribution in [2.24, 2.45) is 5.73 Å². The molecule has 0 rings (SSSR count). The number of carboxylic acids is 1. The molecule has 0 saturated carbocycles. The van der Waals surface area contributed by atoms with E-state index in [1.54, 1.807) is 0 Å². The van der Waals surface area contributed by atoms with Crippen molar-refractivity contribution in [3.63, 3.8) is 0 Å². The van der Waals surface area contributed by atoms with Gasteiger partial charge in [0.25, 0.3) is 0 Å². The lowest BCUT2D eigenvalue weighted by atomic mass is 10.0. The molecule has 0 amide bonds. The first kappa shape index (κ1) is 41.4. The van der Waals surface area contributed by atoms with Crippen molar-refractivity contribution < 1.29 is 20.1 Å². The smallest absolute Gasteiger partial charge is 0.317 e. The van der Waals surface area contributed by atoms with Crippen LogP contribution in [0.15, 0.2) is 0 Å². The normalized spacial score (nSPS) is 12.6. The van der Waals surface area contributed by atoms with Crippen molar-refractivity contribution in [1.82, 2.24) is 5.32 Å². The summed E-state index contributed by atoms with van der Waals surface area (Å²) in [5, 5.41) is 31.2. The van der Waals surface area contributed by atoms with Crippen molar-refractivity contribution in [1.29, 1.82) is 0 Å². The summed E-state index contributed by atoms with van der Waals surface area (Å²) in [7, 11) is 0. The zero-order valence-corrected chi connectivity index (χ0v) is 27.0. The number of aliphatic carboxylic acids is 1. The number of nitrogens with one attached hydrogen (secondary N) is 1. The number of nitrogens with two attached hydrogens (primary N) is 1. The Morgan fingerprint density at radius 2 is 0.750 bits per heavy atom. The fourth-order valence-electron chi connectivity index (χ4n) is 5.06. The van der Waals surface area contributed by atoms with Crippen LogP contribution in [0.2, 0.25) is 0 Å². The lowest BCUT2D eigenvalue weighted by Gasteiger charge is -2.15. The van der Waals surface area contributed by atoms with E-state index >= 15 is 0 Å². The molecule has 0 bridgehead atoms. The van der Waals surface area contributed by atoms with Gasteiger partial charge in [-0.1, -0.05) is 168 Å². The van der Waals surface area contributed by atoms with E-state index in [9.17, 15) is 15.0 Å². The zero-order valence-electron chi connectivity index (χ0n) is 27.0. The Morgan fingerprint density at radius 1 is 0.525 bits per heavy atom. The molecule has 0 fully saturated rings. The van der Waals surface area contributed by atoms with Crippen LogP contribution in [-0.4, -0.2) is 53.1 Å². The van der Waals surface area contributed by atoms with Crippen LogP contribution < -0.4 is 11.1 Å². The zero-order chi connectivity index (χ0) is 29.9. The molecule has 0 saturated heterocycles. The highest BCUT2D eigenvalue weighted by Gasteiger charge is 2.07. The molecule has 2 unspecified atom stereocenters. The monoisotopic (exact) mass is 573 g/mol. The fraction of sp³-hybridized carbons (Fsp3) is 0.971. The Morgan fingerprint density at radius 3 is 0.975 bits per heavy atom. The molecule has 0 spiro atoms. The van der Waals surface area contributed by atoms with Crippen molar-refractivity contribution in [3.05, 3.63) is 0 Å². The summed E-state index contributed by atoms with van der Waals surface area (Å²) in [6.45, 7) is 5.52. The third kappa shape index (κ3) is 39.5. The molecule has 0 aliphatic heterocycles. The van der Waals surface area contributed by atoms with Crippen LogP contribution in [0.1, 0.15) is 181 Å². The van der Waals surface area contributed by atoms with Gasteiger partial charge >= 0.3 is 5.97 Å². The molecule has 0 radical (unpaired) electrons. The van der Waals surface area contributed by atoms with Crippen molar-refractivity contribution in [3.8, 4) is 0 Å². The molecular formula is C34H72N2O4. The van der Waals surface area contributed by atoms with Crippen LogP contribution in [0.25, 0.3) is 0 Å². The standard InChI is InChI=1S/C32H67NO2.C2H5NO2/c1-3-5-7-9-11-13-15-17-19-21-23-25-27-31(34)29-33-30-32(35)28-26-24-22-20-18-16-14-12-10-8-6-4-2;3-1-2(4)5/h31-35H,3-30H2,1-2H3;1,3H2,(H,4,5). The third-order valence-electron chi connectivity index (χ3n) is 7.72. The number of aliphatic hydroxyl groups is 2. The van der Waals surface area contributed by atoms with Gasteiger partial charge in [0.05, 0.1) is 18.8 Å². The minimum absolute atomic E-state index is 0.267. The Balaban J connectivity index is 0. The average molecular weight is 573 g/mol. The number of hydrogen-bond donors (Lipinski definition) is 5. The Kier molecular flexibility index (Phi) is 37.6. The third-order valence-corrected chi connectivity index (χ3v) is 7.72. The molecule has 2 atom stereocenters. The molecule has 6 N–H and O–H groups in total. The molecule has 0 aromatic rings. The van der Waals surface area contributed by atoms with Crippen LogP contribution in [0.5, 0.6) is 0 Å². The molecule has 0 heterocycles. The molecule has 0 aromatic carbocycles. The lowest BCUT2D eigenvalue weighted by Crippen LogP contribution is -2.33. The minimum Gasteiger partial charge on any atom is -0.480 e. The van der Waals surface area contributed by atoms with Gasteiger partial charge in [0.1, 0.15) is 0 Å². The highest BCUT2D eigenvalue weighted by atomic mass is 16.4. The van der Waals surface area contributed by atoms with Gasteiger partial charge in [-0.25, -0.2) is 0 Å². The Bertz CT molecular complexity index is 445. The second-order valence-electron chi connectivity index (χ2n) is 11.9. The summed E-state index contributed by atoms with van der Waals surface area (Å²) in [6, 6.07) is 0. The van der Waals surface area contributed by atoms with Crippen molar-refractivity contribution >= 4 is 5.97 Å². The van der Waals surface area contributed by atoms with E-state index in [1.807, 2.05) is 0 Å². The Hall–Kier alpha value is -0.690. The number of unbranched alkanes of at least 4 members (excludes halogenated alkanes) is 22. The maximum Gasteiger partial charge on any atom is 0.317 e. The quantitative estimate of drug-likeness (QED) is 0.0532. The average Bonchev–Trinajstić information content (AvgIpc) is 2.94. The first-order valence-corrected chi connectivity index (χ1v) is 17.5. The van der Waals surface area contributed by atoms with E-state index in [0.29, 0.717) is 13.1 Å². The summed E-state index contributed by atoms with van der Waals surface area (Å²) in [6.07, 6.45) is 33.8. The van der Waals surface area contributed by atoms with E-state index in [1.165, 1.54) is 141 Å². The van der Waals surface area contributed by atoms with Crippen LogP contribution in [0.4, 0.5) is 0 Å². The molecular weight excluding hydrogens is 500 g/mol. The van der Waals surface area contributed by atoms with Crippen LogP contribution in [0.3, 0.4) is 0 Å². The molecule has 0 aliphatic carbocycles. The highest BCUT2D eigenvalue weighted by molar-refractivity contribution is 5.68. The van der Waals surface area contributed by atoms with Gasteiger partial charge in [-0.2, -0.15) is 0 Å². The van der Waals surface area contributed by atoms with Gasteiger partial charge in [0, 0.05) is 13.1 Å². The largest absolute Gasteiger partial charge is 0.480 e. The Labute approximate surface area is 249 Å². The summed E-state index contributed by atoms with van der Waals surface area (Å²) in [4.78, 5) is 9.24. The van der Waals surface area contributed by atoms with Crippen LogP contribution >= 0.6 is 0 Å². The van der Waals surface area contributed by atoms with Crippen LogP contribution in [0, 0.1) is 0 Å². The predicted octanol–water partition coefficient (Wildman–Crippen LogP) is 8.51. The van der Waals surface area contributed by atoms with Crippen molar-refractivity contribution in [2.45, 2.75) is 193 Å². The topological polar surface area (TPSA) is 116 Å². The summed E-state index contributed by atoms with van der Waals surface area (Å²) < 4.78 is 0. The van der Waals surface area contributed by atoms with E-state index < -0.39 is 5.97 Å². The molecule has 6 heteroatoms. The minimum atomic E-state index is -0.968. The van der Waals surface area contributed by atoms with Gasteiger partial charge in [0.2, 0.25) is 0 Å². The first-order valence-electron chi connectivity index (χ1n) is 17.5. The first-order chi connectivity index (χ1) is 19.5. The maximum absolute atomic E-state index is 10.2. The second kappa shape index (κ2) is 36.3. The number of aliphatic hydroxyl groups excluding tert-OH is 2. The second-order valence-corrected chi connectivity index (χ2v) is 11.9. The molecule has 40 heavy (non-hydrogen) atoms. The lowest BCUT2D eigenvalue weighted by molar-refractivity contribution is -0.135. The van der Waals surface area contributed by atoms with E-state index in [2.05, 4.69) is 24.9 Å². The number of carboxylic acid groups (broad SMARTS) is 1. The highest BCUT2D eigenvalue weighted by Crippen LogP contribution is 2.14. The van der Waals surface area contributed by atoms with Gasteiger partial charge in [-0.05, 0) is 12.8 Å². The fourth-order valence-corrected chi connectivity index (χ4v) is 5.06. The van der Waals surface area contributed by atoms with Crippen LogP contribution in [-0.2, 0) is 4.79 Å². The number of hydrogen-bond acceptors (Lipinski definition) is 5. The van der Waals surface area contributed by atoms with E-state index in [-0.39, 0.29) is 18.8 Å². The maximum atomic E-state index is 10.2. The SMILES string of the molecule is CCCCCCCCCCCCCCC(O)CNCC(O)CCCCCCCCCCCCCC.NCC(=O)O. The van der Waals surface area contributed by atoms with Gasteiger partial charge in [0.15, 0.2) is 0 Å².